The second-order valence-corrected chi connectivity index (χ2v) is 3.16. The second kappa shape index (κ2) is 4.13. The van der Waals surface area contributed by atoms with Crippen molar-refractivity contribution >= 4 is 11.5 Å². The van der Waals surface area contributed by atoms with Gasteiger partial charge in [0.05, 0.1) is 7.11 Å². The molecule has 76 valence electrons. The van der Waals surface area contributed by atoms with Crippen LogP contribution in [0.1, 0.15) is 29.8 Å². The molecule has 0 bridgehead atoms. The van der Waals surface area contributed by atoms with E-state index in [2.05, 4.69) is 0 Å². The zero-order valence-electron chi connectivity index (χ0n) is 8.76. The summed E-state index contributed by atoms with van der Waals surface area (Å²) >= 11 is 0. The predicted octanol–water partition coefficient (Wildman–Crippen LogP) is 2.04. The summed E-state index contributed by atoms with van der Waals surface area (Å²) in [6.45, 7) is 3.52. The minimum atomic E-state index is -0.0140. The molecule has 2 N–H and O–H groups in total. The monoisotopic (exact) mass is 193 g/mol. The van der Waals surface area contributed by atoms with Gasteiger partial charge in [0.25, 0.3) is 0 Å². The predicted molar refractivity (Wildman–Crippen MR) is 56.8 cm³/mol. The molecule has 0 fully saturated rings. The molecule has 0 atom stereocenters. The number of hydrogen-bond acceptors (Lipinski definition) is 3. The van der Waals surface area contributed by atoms with Crippen LogP contribution in [0.4, 0.5) is 5.69 Å². The van der Waals surface area contributed by atoms with Crippen molar-refractivity contribution in [2.45, 2.75) is 20.3 Å². The molecule has 1 rings (SSSR count). The lowest BCUT2D eigenvalue weighted by atomic mass is 10.0. The van der Waals surface area contributed by atoms with Crippen molar-refractivity contribution in [2.75, 3.05) is 12.8 Å². The van der Waals surface area contributed by atoms with Gasteiger partial charge in [0.1, 0.15) is 5.75 Å². The van der Waals surface area contributed by atoms with E-state index in [1.807, 2.05) is 6.92 Å². The lowest BCUT2D eigenvalue weighted by Crippen LogP contribution is -2.02. The molecule has 1 aromatic carbocycles. The van der Waals surface area contributed by atoms with Gasteiger partial charge in [-0.05, 0) is 25.0 Å². The number of Topliss-reactive ketones (excluding diaryl/α,β-unsaturated/α-hetero) is 1. The molecule has 0 unspecified atom stereocenters. The molecule has 0 aromatic heterocycles. The summed E-state index contributed by atoms with van der Waals surface area (Å²) in [7, 11) is 1.60. The third-order valence-electron chi connectivity index (χ3n) is 2.21. The second-order valence-electron chi connectivity index (χ2n) is 3.16. The summed E-state index contributed by atoms with van der Waals surface area (Å²) in [5.41, 5.74) is 7.78. The van der Waals surface area contributed by atoms with E-state index in [9.17, 15) is 4.79 Å². The Bertz CT molecular complexity index is 359. The van der Waals surface area contributed by atoms with Gasteiger partial charge in [0, 0.05) is 17.3 Å². The highest BCUT2D eigenvalue weighted by Gasteiger charge is 2.10. The molecular weight excluding hydrogens is 178 g/mol. The normalized spacial score (nSPS) is 9.93. The van der Waals surface area contributed by atoms with Gasteiger partial charge >= 0.3 is 0 Å². The van der Waals surface area contributed by atoms with E-state index < -0.39 is 0 Å². The van der Waals surface area contributed by atoms with Gasteiger partial charge in [-0.3, -0.25) is 4.79 Å². The van der Waals surface area contributed by atoms with Gasteiger partial charge < -0.3 is 10.5 Å². The fourth-order valence-electron chi connectivity index (χ4n) is 1.41. The molecular formula is C11H15NO2. The minimum absolute atomic E-state index is 0.0140. The van der Waals surface area contributed by atoms with Crippen molar-refractivity contribution in [3.05, 3.63) is 23.3 Å². The van der Waals surface area contributed by atoms with Gasteiger partial charge in [-0.15, -0.1) is 0 Å². The summed E-state index contributed by atoms with van der Waals surface area (Å²) in [6.07, 6.45) is 0.823. The first-order chi connectivity index (χ1) is 6.60. The maximum absolute atomic E-state index is 11.2. The minimum Gasteiger partial charge on any atom is -0.496 e. The van der Waals surface area contributed by atoms with E-state index in [0.29, 0.717) is 11.3 Å². The SMILES string of the molecule is CCc1cc(C(C)=O)c(N)cc1OC. The number of ether oxygens (including phenoxy) is 1. The highest BCUT2D eigenvalue weighted by atomic mass is 16.5. The van der Waals surface area contributed by atoms with Crippen LogP contribution in [-0.4, -0.2) is 12.9 Å². The number of carbonyl (C=O) groups excluding carboxylic acids is 1. The number of benzene rings is 1. The van der Waals surface area contributed by atoms with Gasteiger partial charge in [-0.1, -0.05) is 6.92 Å². The molecule has 0 aliphatic rings. The summed E-state index contributed by atoms with van der Waals surface area (Å²) in [5, 5.41) is 0. The molecule has 0 saturated heterocycles. The van der Waals surface area contributed by atoms with Gasteiger partial charge in [0.2, 0.25) is 0 Å². The average Bonchev–Trinajstić information content (AvgIpc) is 2.16. The first kappa shape index (κ1) is 10.6. The van der Waals surface area contributed by atoms with Crippen LogP contribution in [0, 0.1) is 0 Å². The summed E-state index contributed by atoms with van der Waals surface area (Å²) < 4.78 is 5.16. The summed E-state index contributed by atoms with van der Waals surface area (Å²) in [6, 6.07) is 3.51. The third kappa shape index (κ3) is 1.87. The number of hydrogen-bond donors (Lipinski definition) is 1. The molecule has 3 heteroatoms. The van der Waals surface area contributed by atoms with Crippen molar-refractivity contribution in [1.29, 1.82) is 0 Å². The fourth-order valence-corrected chi connectivity index (χ4v) is 1.41. The molecule has 0 radical (unpaired) electrons. The van der Waals surface area contributed by atoms with E-state index in [1.165, 1.54) is 6.92 Å². The summed E-state index contributed by atoms with van der Waals surface area (Å²) in [4.78, 5) is 11.2. The number of nitrogen functional groups attached to an aromatic ring is 1. The van der Waals surface area contributed by atoms with E-state index in [0.717, 1.165) is 17.7 Å². The number of anilines is 1. The topological polar surface area (TPSA) is 52.3 Å². The van der Waals surface area contributed by atoms with Crippen LogP contribution in [0.15, 0.2) is 12.1 Å². The average molecular weight is 193 g/mol. The van der Waals surface area contributed by atoms with Crippen LogP contribution < -0.4 is 10.5 Å². The molecule has 0 amide bonds. The first-order valence-corrected chi connectivity index (χ1v) is 4.57. The zero-order valence-corrected chi connectivity index (χ0v) is 8.76. The van der Waals surface area contributed by atoms with E-state index in [-0.39, 0.29) is 5.78 Å². The van der Waals surface area contributed by atoms with E-state index in [4.69, 9.17) is 10.5 Å². The molecule has 0 saturated carbocycles. The van der Waals surface area contributed by atoms with Crippen LogP contribution in [0.3, 0.4) is 0 Å². The number of methoxy groups -OCH3 is 1. The number of nitrogens with two attached hydrogens (primary N) is 1. The van der Waals surface area contributed by atoms with Crippen LogP contribution in [0.2, 0.25) is 0 Å². The Morgan fingerprint density at radius 2 is 2.14 bits per heavy atom. The van der Waals surface area contributed by atoms with Gasteiger partial charge in [0.15, 0.2) is 5.78 Å². The van der Waals surface area contributed by atoms with Crippen LogP contribution >= 0.6 is 0 Å². The smallest absolute Gasteiger partial charge is 0.161 e. The number of aryl methyl sites for hydroxylation is 1. The van der Waals surface area contributed by atoms with Crippen molar-refractivity contribution in [1.82, 2.24) is 0 Å². The van der Waals surface area contributed by atoms with E-state index >= 15 is 0 Å². The van der Waals surface area contributed by atoms with Gasteiger partial charge in [-0.2, -0.15) is 0 Å². The fraction of sp³-hybridized carbons (Fsp3) is 0.364. The standard InChI is InChI=1S/C11H15NO2/c1-4-8-5-9(7(2)13)10(12)6-11(8)14-3/h5-6H,4,12H2,1-3H3. The van der Waals surface area contributed by atoms with Gasteiger partial charge in [-0.25, -0.2) is 0 Å². The number of carbonyl (C=O) groups is 1. The van der Waals surface area contributed by atoms with Crippen molar-refractivity contribution in [2.24, 2.45) is 0 Å². The lowest BCUT2D eigenvalue weighted by molar-refractivity contribution is 0.101. The molecule has 0 heterocycles. The Kier molecular flexibility index (Phi) is 3.12. The van der Waals surface area contributed by atoms with Crippen LogP contribution in [0.25, 0.3) is 0 Å². The maximum Gasteiger partial charge on any atom is 0.161 e. The van der Waals surface area contributed by atoms with Crippen LogP contribution in [-0.2, 0) is 6.42 Å². The molecule has 14 heavy (non-hydrogen) atoms. The quantitative estimate of drug-likeness (QED) is 0.590. The molecule has 3 nitrogen and oxygen atoms in total. The Labute approximate surface area is 83.9 Å². The van der Waals surface area contributed by atoms with Crippen molar-refractivity contribution in [3.63, 3.8) is 0 Å². The zero-order chi connectivity index (χ0) is 10.7. The maximum atomic E-state index is 11.2. The molecule has 0 aliphatic heterocycles. The molecule has 0 spiro atoms. The Hall–Kier alpha value is -1.51. The number of rotatable bonds is 3. The van der Waals surface area contributed by atoms with Crippen molar-refractivity contribution < 1.29 is 9.53 Å². The first-order valence-electron chi connectivity index (χ1n) is 4.57. The third-order valence-corrected chi connectivity index (χ3v) is 2.21. The Morgan fingerprint density at radius 3 is 2.57 bits per heavy atom. The van der Waals surface area contributed by atoms with E-state index in [1.54, 1.807) is 19.2 Å². The van der Waals surface area contributed by atoms with Crippen LogP contribution in [0.5, 0.6) is 5.75 Å². The Balaban J connectivity index is 3.30. The largest absolute Gasteiger partial charge is 0.496 e. The molecule has 1 aromatic rings. The highest BCUT2D eigenvalue weighted by molar-refractivity contribution is 5.99. The Morgan fingerprint density at radius 1 is 1.50 bits per heavy atom. The molecule has 0 aliphatic carbocycles. The summed E-state index contributed by atoms with van der Waals surface area (Å²) in [5.74, 6) is 0.731. The number of ketones is 1. The highest BCUT2D eigenvalue weighted by Crippen LogP contribution is 2.26. The lowest BCUT2D eigenvalue weighted by Gasteiger charge is -2.10. The van der Waals surface area contributed by atoms with Crippen molar-refractivity contribution in [3.8, 4) is 5.75 Å².